The number of nitrogens with one attached hydrogen (secondary N) is 1. The van der Waals surface area contributed by atoms with Crippen LogP contribution >= 0.6 is 0 Å². The van der Waals surface area contributed by atoms with Crippen molar-refractivity contribution in [3.05, 3.63) is 18.0 Å². The molecule has 3 atom stereocenters. The molecule has 2 fully saturated rings. The van der Waals surface area contributed by atoms with Crippen molar-refractivity contribution >= 4 is 0 Å². The average molecular weight is 178 g/mol. The minimum Gasteiger partial charge on any atom is -0.360 e. The molecule has 13 heavy (non-hydrogen) atoms. The molecule has 0 saturated heterocycles. The fraction of sp³-hybridized carbons (Fsp3) is 0.700. The van der Waals surface area contributed by atoms with Crippen LogP contribution < -0.4 is 5.32 Å². The minimum atomic E-state index is 0.745. The lowest BCUT2D eigenvalue weighted by atomic mass is 10.2. The van der Waals surface area contributed by atoms with Gasteiger partial charge in [0.2, 0.25) is 0 Å². The Kier molecular flexibility index (Phi) is 1.65. The molecule has 2 aliphatic carbocycles. The molecular weight excluding hydrogens is 164 g/mol. The number of fused-ring (bicyclic) bond motifs is 1. The Bertz CT molecular complexity index is 283. The molecule has 3 heteroatoms. The fourth-order valence-corrected chi connectivity index (χ4v) is 2.52. The average Bonchev–Trinajstić information content (AvgIpc) is 2.64. The minimum absolute atomic E-state index is 0.745. The van der Waals surface area contributed by atoms with E-state index in [1.54, 1.807) is 6.20 Å². The molecule has 3 nitrogen and oxygen atoms in total. The zero-order valence-corrected chi connectivity index (χ0v) is 7.57. The largest absolute Gasteiger partial charge is 0.360 e. The third-order valence-corrected chi connectivity index (χ3v) is 3.37. The van der Waals surface area contributed by atoms with Gasteiger partial charge in [-0.3, -0.25) is 0 Å². The standard InChI is InChI=1S/C10H14N2O/c1-2-10(9-5-7(1)9)11-6-8-3-4-12-13-8/h3-4,7,9-11H,1-2,5-6H2. The summed E-state index contributed by atoms with van der Waals surface area (Å²) in [5.74, 6) is 2.97. The summed E-state index contributed by atoms with van der Waals surface area (Å²) in [4.78, 5) is 0. The van der Waals surface area contributed by atoms with Crippen molar-refractivity contribution in [3.8, 4) is 0 Å². The van der Waals surface area contributed by atoms with E-state index >= 15 is 0 Å². The van der Waals surface area contributed by atoms with Crippen LogP contribution in [0.5, 0.6) is 0 Å². The third kappa shape index (κ3) is 1.37. The van der Waals surface area contributed by atoms with Gasteiger partial charge in [-0.1, -0.05) is 5.16 Å². The lowest BCUT2D eigenvalue weighted by Gasteiger charge is -2.11. The quantitative estimate of drug-likeness (QED) is 0.763. The molecule has 1 N–H and O–H groups in total. The van der Waals surface area contributed by atoms with E-state index in [4.69, 9.17) is 4.52 Å². The van der Waals surface area contributed by atoms with Crippen LogP contribution in [0.1, 0.15) is 25.0 Å². The number of rotatable bonds is 3. The highest BCUT2D eigenvalue weighted by Crippen LogP contribution is 2.51. The molecule has 0 aliphatic heterocycles. The summed E-state index contributed by atoms with van der Waals surface area (Å²) < 4.78 is 5.03. The van der Waals surface area contributed by atoms with Crippen LogP contribution in [-0.4, -0.2) is 11.2 Å². The molecule has 2 saturated carbocycles. The van der Waals surface area contributed by atoms with Crippen molar-refractivity contribution in [2.45, 2.75) is 31.8 Å². The lowest BCUT2D eigenvalue weighted by molar-refractivity contribution is 0.357. The molecule has 0 amide bonds. The zero-order valence-electron chi connectivity index (χ0n) is 7.57. The van der Waals surface area contributed by atoms with Crippen molar-refractivity contribution in [1.29, 1.82) is 0 Å². The van der Waals surface area contributed by atoms with E-state index in [0.717, 1.165) is 30.2 Å². The monoisotopic (exact) mass is 178 g/mol. The van der Waals surface area contributed by atoms with Gasteiger partial charge in [-0.15, -0.1) is 0 Å². The van der Waals surface area contributed by atoms with Gasteiger partial charge in [0.05, 0.1) is 12.7 Å². The van der Waals surface area contributed by atoms with E-state index < -0.39 is 0 Å². The molecule has 1 aromatic heterocycles. The SMILES string of the molecule is c1cc(CNC2CCC3CC32)on1. The van der Waals surface area contributed by atoms with Crippen LogP contribution in [-0.2, 0) is 6.54 Å². The van der Waals surface area contributed by atoms with Crippen molar-refractivity contribution in [3.63, 3.8) is 0 Å². The van der Waals surface area contributed by atoms with E-state index in [2.05, 4.69) is 10.5 Å². The van der Waals surface area contributed by atoms with Crippen molar-refractivity contribution < 1.29 is 4.52 Å². The first-order valence-electron chi connectivity index (χ1n) is 5.06. The Hall–Kier alpha value is -0.830. The van der Waals surface area contributed by atoms with E-state index in [0.29, 0.717) is 0 Å². The number of aromatic nitrogens is 1. The maximum absolute atomic E-state index is 5.03. The molecule has 1 aromatic rings. The van der Waals surface area contributed by atoms with Crippen LogP contribution in [0.25, 0.3) is 0 Å². The zero-order chi connectivity index (χ0) is 8.67. The Morgan fingerprint density at radius 3 is 3.15 bits per heavy atom. The molecule has 70 valence electrons. The van der Waals surface area contributed by atoms with Crippen LogP contribution in [0.3, 0.4) is 0 Å². The summed E-state index contributed by atoms with van der Waals surface area (Å²) >= 11 is 0. The molecular formula is C10H14N2O. The molecule has 1 heterocycles. The Balaban J connectivity index is 1.53. The highest BCUT2D eigenvalue weighted by molar-refractivity contribution is 5.02. The highest BCUT2D eigenvalue weighted by atomic mass is 16.5. The molecule has 3 unspecified atom stereocenters. The summed E-state index contributed by atoms with van der Waals surface area (Å²) in [6.45, 7) is 0.841. The second-order valence-electron chi connectivity index (χ2n) is 4.20. The van der Waals surface area contributed by atoms with Gasteiger partial charge in [0, 0.05) is 12.1 Å². The van der Waals surface area contributed by atoms with Crippen LogP contribution in [0, 0.1) is 11.8 Å². The van der Waals surface area contributed by atoms with Gasteiger partial charge in [0.25, 0.3) is 0 Å². The first-order valence-corrected chi connectivity index (χ1v) is 5.06. The summed E-state index contributed by atoms with van der Waals surface area (Å²) in [7, 11) is 0. The first-order chi connectivity index (χ1) is 6.43. The maximum Gasteiger partial charge on any atom is 0.150 e. The van der Waals surface area contributed by atoms with Gasteiger partial charge in [0.1, 0.15) is 5.76 Å². The predicted octanol–water partition coefficient (Wildman–Crippen LogP) is 1.56. The van der Waals surface area contributed by atoms with Crippen LogP contribution in [0.4, 0.5) is 0 Å². The van der Waals surface area contributed by atoms with E-state index in [-0.39, 0.29) is 0 Å². The fourth-order valence-electron chi connectivity index (χ4n) is 2.52. The second-order valence-corrected chi connectivity index (χ2v) is 4.20. The molecule has 2 aliphatic rings. The third-order valence-electron chi connectivity index (χ3n) is 3.37. The molecule has 0 radical (unpaired) electrons. The summed E-state index contributed by atoms with van der Waals surface area (Å²) in [6, 6.07) is 2.67. The van der Waals surface area contributed by atoms with Gasteiger partial charge in [-0.2, -0.15) is 0 Å². The predicted molar refractivity (Wildman–Crippen MR) is 48.0 cm³/mol. The topological polar surface area (TPSA) is 38.1 Å². The Labute approximate surface area is 77.5 Å². The Morgan fingerprint density at radius 1 is 1.54 bits per heavy atom. The normalized spacial score (nSPS) is 36.2. The maximum atomic E-state index is 5.03. The summed E-state index contributed by atoms with van der Waals surface area (Å²) in [5.41, 5.74) is 0. The highest BCUT2D eigenvalue weighted by Gasteiger charge is 2.47. The first kappa shape index (κ1) is 7.56. The van der Waals surface area contributed by atoms with Crippen molar-refractivity contribution in [2.75, 3.05) is 0 Å². The van der Waals surface area contributed by atoms with Gasteiger partial charge < -0.3 is 9.84 Å². The Morgan fingerprint density at radius 2 is 2.54 bits per heavy atom. The number of nitrogens with zero attached hydrogens (tertiary/aromatic N) is 1. The lowest BCUT2D eigenvalue weighted by Crippen LogP contribution is -2.28. The van der Waals surface area contributed by atoms with Crippen molar-refractivity contribution in [1.82, 2.24) is 10.5 Å². The summed E-state index contributed by atoms with van der Waals surface area (Å²) in [5, 5.41) is 7.22. The van der Waals surface area contributed by atoms with Gasteiger partial charge in [-0.05, 0) is 31.1 Å². The molecule has 3 rings (SSSR count). The van der Waals surface area contributed by atoms with E-state index in [1.807, 2.05) is 6.07 Å². The number of hydrogen-bond donors (Lipinski definition) is 1. The number of hydrogen-bond acceptors (Lipinski definition) is 3. The second kappa shape index (κ2) is 2.84. The van der Waals surface area contributed by atoms with Gasteiger partial charge in [0.15, 0.2) is 0 Å². The van der Waals surface area contributed by atoms with Gasteiger partial charge in [-0.25, -0.2) is 0 Å². The smallest absolute Gasteiger partial charge is 0.150 e. The van der Waals surface area contributed by atoms with E-state index in [9.17, 15) is 0 Å². The molecule has 0 spiro atoms. The summed E-state index contributed by atoms with van der Waals surface area (Å²) in [6.07, 6.45) is 5.93. The molecule has 0 bridgehead atoms. The van der Waals surface area contributed by atoms with Crippen LogP contribution in [0.15, 0.2) is 16.8 Å². The van der Waals surface area contributed by atoms with E-state index in [1.165, 1.54) is 19.3 Å². The van der Waals surface area contributed by atoms with Crippen molar-refractivity contribution in [2.24, 2.45) is 11.8 Å². The van der Waals surface area contributed by atoms with Crippen LogP contribution in [0.2, 0.25) is 0 Å². The molecule has 0 aromatic carbocycles. The van der Waals surface area contributed by atoms with Gasteiger partial charge >= 0.3 is 0 Å².